The number of carbonyl (C=O) groups is 2. The van der Waals surface area contributed by atoms with Gasteiger partial charge in [0.25, 0.3) is 0 Å². The zero-order valence-electron chi connectivity index (χ0n) is 18.2. The Kier molecular flexibility index (Phi) is 6.05. The van der Waals surface area contributed by atoms with Crippen molar-refractivity contribution >= 4 is 11.9 Å². The highest BCUT2D eigenvalue weighted by atomic mass is 16.6. The molecule has 0 spiro atoms. The molecule has 0 aromatic heterocycles. The summed E-state index contributed by atoms with van der Waals surface area (Å²) in [5.41, 5.74) is 3.77. The normalized spacial score (nSPS) is 22.4. The zero-order valence-corrected chi connectivity index (χ0v) is 18.2. The van der Waals surface area contributed by atoms with Gasteiger partial charge in [0.15, 0.2) is 11.9 Å². The fourth-order valence-electron chi connectivity index (χ4n) is 4.65. The van der Waals surface area contributed by atoms with Crippen LogP contribution in [0.1, 0.15) is 35.3 Å². The van der Waals surface area contributed by atoms with E-state index in [-0.39, 0.29) is 30.9 Å². The SMILES string of the molecule is O=C1C=C(COCc2ccccc2)[C@H](N2C(=O)O[C@@H](c3ccccc3)[C@H]2c2ccccc2)C1. The van der Waals surface area contributed by atoms with Gasteiger partial charge in [0.05, 0.1) is 19.3 Å². The van der Waals surface area contributed by atoms with Crippen molar-refractivity contribution in [3.05, 3.63) is 119 Å². The van der Waals surface area contributed by atoms with Gasteiger partial charge in [0, 0.05) is 6.42 Å². The number of ketones is 1. The first-order valence-electron chi connectivity index (χ1n) is 11.1. The maximum atomic E-state index is 13.2. The third-order valence-corrected chi connectivity index (χ3v) is 6.18. The molecule has 1 saturated heterocycles. The summed E-state index contributed by atoms with van der Waals surface area (Å²) in [5, 5.41) is 0. The highest BCUT2D eigenvalue weighted by molar-refractivity contribution is 5.95. The largest absolute Gasteiger partial charge is 0.439 e. The molecule has 0 N–H and O–H groups in total. The number of rotatable bonds is 7. The molecule has 0 bridgehead atoms. The van der Waals surface area contributed by atoms with E-state index >= 15 is 0 Å². The summed E-state index contributed by atoms with van der Waals surface area (Å²) in [6, 6.07) is 28.8. The molecular formula is C28H25NO4. The van der Waals surface area contributed by atoms with E-state index in [1.807, 2.05) is 91.0 Å². The molecule has 3 atom stereocenters. The Bertz CT molecular complexity index is 1140. The predicted molar refractivity (Wildman–Crippen MR) is 124 cm³/mol. The third-order valence-electron chi connectivity index (χ3n) is 6.18. The first-order valence-corrected chi connectivity index (χ1v) is 11.1. The second-order valence-corrected chi connectivity index (χ2v) is 8.36. The number of allylic oxidation sites excluding steroid dienone is 1. The fraction of sp³-hybridized carbons (Fsp3) is 0.214. The van der Waals surface area contributed by atoms with Gasteiger partial charge in [-0.25, -0.2) is 4.79 Å². The van der Waals surface area contributed by atoms with Gasteiger partial charge in [-0.2, -0.15) is 0 Å². The first-order chi connectivity index (χ1) is 16.2. The highest BCUT2D eigenvalue weighted by Gasteiger charge is 2.49. The quantitative estimate of drug-likeness (QED) is 0.494. The second-order valence-electron chi connectivity index (χ2n) is 8.36. The van der Waals surface area contributed by atoms with Crippen LogP contribution in [0.5, 0.6) is 0 Å². The van der Waals surface area contributed by atoms with Crippen molar-refractivity contribution in [2.24, 2.45) is 0 Å². The van der Waals surface area contributed by atoms with E-state index in [0.29, 0.717) is 6.61 Å². The Morgan fingerprint density at radius 3 is 2.06 bits per heavy atom. The van der Waals surface area contributed by atoms with Crippen LogP contribution in [-0.4, -0.2) is 29.4 Å². The molecule has 5 heteroatoms. The molecule has 1 aliphatic carbocycles. The number of ether oxygens (including phenoxy) is 2. The summed E-state index contributed by atoms with van der Waals surface area (Å²) in [7, 11) is 0. The van der Waals surface area contributed by atoms with Crippen LogP contribution < -0.4 is 0 Å². The molecule has 0 unspecified atom stereocenters. The molecule has 5 nitrogen and oxygen atoms in total. The minimum Gasteiger partial charge on any atom is -0.439 e. The van der Waals surface area contributed by atoms with Crippen LogP contribution >= 0.6 is 0 Å². The van der Waals surface area contributed by atoms with E-state index in [1.54, 1.807) is 11.0 Å². The Balaban J connectivity index is 1.42. The van der Waals surface area contributed by atoms with Crippen molar-refractivity contribution in [1.82, 2.24) is 4.90 Å². The Labute approximate surface area is 193 Å². The van der Waals surface area contributed by atoms with Crippen LogP contribution in [0.3, 0.4) is 0 Å². The first kappa shape index (κ1) is 21.2. The van der Waals surface area contributed by atoms with E-state index in [2.05, 4.69) is 0 Å². The van der Waals surface area contributed by atoms with Crippen molar-refractivity contribution in [2.75, 3.05) is 6.61 Å². The Morgan fingerprint density at radius 2 is 1.39 bits per heavy atom. The maximum Gasteiger partial charge on any atom is 0.411 e. The number of benzene rings is 3. The van der Waals surface area contributed by atoms with Crippen LogP contribution in [0.4, 0.5) is 4.79 Å². The topological polar surface area (TPSA) is 55.8 Å². The molecule has 0 saturated carbocycles. The van der Waals surface area contributed by atoms with Crippen LogP contribution in [0.25, 0.3) is 0 Å². The lowest BCUT2D eigenvalue weighted by atomic mass is 9.93. The van der Waals surface area contributed by atoms with Gasteiger partial charge in [0.2, 0.25) is 0 Å². The summed E-state index contributed by atoms with van der Waals surface area (Å²) < 4.78 is 11.8. The van der Waals surface area contributed by atoms with Crippen molar-refractivity contribution in [3.8, 4) is 0 Å². The van der Waals surface area contributed by atoms with Gasteiger partial charge in [-0.3, -0.25) is 9.69 Å². The molecule has 5 rings (SSSR count). The summed E-state index contributed by atoms with van der Waals surface area (Å²) in [6.07, 6.45) is 1.000. The van der Waals surface area contributed by atoms with E-state index in [9.17, 15) is 9.59 Å². The lowest BCUT2D eigenvalue weighted by Crippen LogP contribution is -2.39. The third kappa shape index (κ3) is 4.45. The van der Waals surface area contributed by atoms with E-state index in [0.717, 1.165) is 22.3 Å². The molecule has 1 amide bonds. The van der Waals surface area contributed by atoms with Crippen LogP contribution in [0.15, 0.2) is 103 Å². The molecule has 2 aliphatic rings. The predicted octanol–water partition coefficient (Wildman–Crippen LogP) is 5.41. The Hall–Kier alpha value is -3.70. The lowest BCUT2D eigenvalue weighted by molar-refractivity contribution is -0.114. The lowest BCUT2D eigenvalue weighted by Gasteiger charge is -2.31. The zero-order chi connectivity index (χ0) is 22.6. The molecule has 33 heavy (non-hydrogen) atoms. The number of amides is 1. The summed E-state index contributed by atoms with van der Waals surface area (Å²) >= 11 is 0. The second kappa shape index (κ2) is 9.43. The highest BCUT2D eigenvalue weighted by Crippen LogP contribution is 2.46. The average Bonchev–Trinajstić information content (AvgIpc) is 3.39. The standard InChI is InChI=1S/C28H25NO4/c30-24-16-23(19-32-18-20-10-4-1-5-11-20)25(17-24)29-26(21-12-6-2-7-13-21)27(33-28(29)31)22-14-8-3-9-15-22/h1-16,25-27H,17-19H2/t25-,26-,27+/m1/s1. The molecule has 3 aromatic carbocycles. The van der Waals surface area contributed by atoms with Gasteiger partial charge < -0.3 is 9.47 Å². The van der Waals surface area contributed by atoms with E-state index in [1.165, 1.54) is 0 Å². The number of hydrogen-bond donors (Lipinski definition) is 0. The van der Waals surface area contributed by atoms with Gasteiger partial charge in [0.1, 0.15) is 6.04 Å². The molecule has 1 heterocycles. The molecular weight excluding hydrogens is 414 g/mol. The summed E-state index contributed by atoms with van der Waals surface area (Å²) in [6.45, 7) is 0.727. The van der Waals surface area contributed by atoms with Crippen molar-refractivity contribution in [1.29, 1.82) is 0 Å². The smallest absolute Gasteiger partial charge is 0.411 e. The average molecular weight is 440 g/mol. The van der Waals surface area contributed by atoms with Crippen LogP contribution in [-0.2, 0) is 20.9 Å². The van der Waals surface area contributed by atoms with Gasteiger partial charge in [-0.15, -0.1) is 0 Å². The van der Waals surface area contributed by atoms with Crippen LogP contribution in [0, 0.1) is 0 Å². The Morgan fingerprint density at radius 1 is 0.788 bits per heavy atom. The maximum absolute atomic E-state index is 13.2. The number of nitrogens with zero attached hydrogens (tertiary/aromatic N) is 1. The molecule has 3 aromatic rings. The number of cyclic esters (lactones) is 1. The number of carbonyl (C=O) groups excluding carboxylic acids is 2. The van der Waals surface area contributed by atoms with E-state index in [4.69, 9.17) is 9.47 Å². The molecule has 1 aliphatic heterocycles. The monoisotopic (exact) mass is 439 g/mol. The van der Waals surface area contributed by atoms with Crippen LogP contribution in [0.2, 0.25) is 0 Å². The van der Waals surface area contributed by atoms with Crippen molar-refractivity contribution in [2.45, 2.75) is 31.2 Å². The van der Waals surface area contributed by atoms with Gasteiger partial charge >= 0.3 is 6.09 Å². The summed E-state index contributed by atoms with van der Waals surface area (Å²) in [5.74, 6) is 0.00100. The number of hydrogen-bond acceptors (Lipinski definition) is 4. The fourth-order valence-corrected chi connectivity index (χ4v) is 4.65. The molecule has 1 fully saturated rings. The minimum absolute atomic E-state index is 0.00100. The summed E-state index contributed by atoms with van der Waals surface area (Å²) in [4.78, 5) is 27.4. The van der Waals surface area contributed by atoms with Gasteiger partial charge in [-0.05, 0) is 28.3 Å². The minimum atomic E-state index is -0.455. The molecule has 166 valence electrons. The van der Waals surface area contributed by atoms with Crippen molar-refractivity contribution in [3.63, 3.8) is 0 Å². The molecule has 0 radical (unpaired) electrons. The van der Waals surface area contributed by atoms with Gasteiger partial charge in [-0.1, -0.05) is 91.0 Å². The van der Waals surface area contributed by atoms with Crippen molar-refractivity contribution < 1.29 is 19.1 Å². The van der Waals surface area contributed by atoms with E-state index < -0.39 is 12.2 Å².